The number of aromatic nitrogens is 3. The minimum atomic E-state index is 0.243. The molecule has 4 aromatic rings. The van der Waals surface area contributed by atoms with Crippen LogP contribution in [0, 0.1) is 6.92 Å². The molecule has 2 heterocycles. The van der Waals surface area contributed by atoms with Crippen LogP contribution in [0.3, 0.4) is 0 Å². The van der Waals surface area contributed by atoms with E-state index in [0.29, 0.717) is 16.9 Å². The zero-order chi connectivity index (χ0) is 20.1. The molecule has 6 nitrogen and oxygen atoms in total. The van der Waals surface area contributed by atoms with Gasteiger partial charge in [-0.3, -0.25) is 0 Å². The van der Waals surface area contributed by atoms with E-state index in [1.54, 1.807) is 18.4 Å². The topological polar surface area (TPSA) is 70.3 Å². The first kappa shape index (κ1) is 19.5. The Kier molecular flexibility index (Phi) is 6.12. The number of rotatable bonds is 8. The van der Waals surface area contributed by atoms with Gasteiger partial charge in [0, 0.05) is 16.7 Å². The molecule has 29 heavy (non-hydrogen) atoms. The molecular formula is C21H19N3O3S2. The van der Waals surface area contributed by atoms with Crippen molar-refractivity contribution in [3.8, 4) is 22.1 Å². The van der Waals surface area contributed by atoms with E-state index in [0.717, 1.165) is 27.8 Å². The summed E-state index contributed by atoms with van der Waals surface area (Å²) in [6, 6.07) is 15.7. The molecule has 0 aliphatic heterocycles. The molecule has 0 radical (unpaired) electrons. The maximum atomic E-state index is 5.67. The van der Waals surface area contributed by atoms with E-state index in [1.807, 2.05) is 60.8 Å². The fourth-order valence-corrected chi connectivity index (χ4v) is 4.13. The van der Waals surface area contributed by atoms with Crippen molar-refractivity contribution in [2.75, 3.05) is 7.11 Å². The number of ether oxygens (including phenoxy) is 2. The van der Waals surface area contributed by atoms with Gasteiger partial charge in [0.1, 0.15) is 16.5 Å². The van der Waals surface area contributed by atoms with Gasteiger partial charge in [0.15, 0.2) is 6.61 Å². The fourth-order valence-electron chi connectivity index (χ4n) is 2.53. The van der Waals surface area contributed by atoms with Gasteiger partial charge in [-0.25, -0.2) is 4.98 Å². The summed E-state index contributed by atoms with van der Waals surface area (Å²) in [5, 5.41) is 11.6. The number of hydrogen-bond donors (Lipinski definition) is 0. The van der Waals surface area contributed by atoms with Gasteiger partial charge in [0.2, 0.25) is 0 Å². The Labute approximate surface area is 176 Å². The third-order valence-corrected chi connectivity index (χ3v) is 5.84. The molecule has 0 unspecified atom stereocenters. The number of benzene rings is 2. The van der Waals surface area contributed by atoms with E-state index in [9.17, 15) is 0 Å². The molecule has 0 aliphatic carbocycles. The first-order valence-electron chi connectivity index (χ1n) is 8.93. The molecule has 0 fully saturated rings. The molecule has 8 heteroatoms. The summed E-state index contributed by atoms with van der Waals surface area (Å²) in [6.45, 7) is 2.28. The Balaban J connectivity index is 1.32. The van der Waals surface area contributed by atoms with E-state index in [-0.39, 0.29) is 6.61 Å². The summed E-state index contributed by atoms with van der Waals surface area (Å²) < 4.78 is 16.6. The maximum Gasteiger partial charge on any atom is 0.277 e. The number of nitrogens with zero attached hydrogens (tertiary/aromatic N) is 3. The molecule has 148 valence electrons. The van der Waals surface area contributed by atoms with Crippen LogP contribution in [0.5, 0.6) is 11.5 Å². The van der Waals surface area contributed by atoms with Crippen molar-refractivity contribution < 1.29 is 13.9 Å². The third kappa shape index (κ3) is 5.16. The highest BCUT2D eigenvalue weighted by Crippen LogP contribution is 2.29. The molecule has 0 bridgehead atoms. The summed E-state index contributed by atoms with van der Waals surface area (Å²) in [6.07, 6.45) is 0. The van der Waals surface area contributed by atoms with Gasteiger partial charge in [-0.05, 0) is 31.2 Å². The Morgan fingerprint density at radius 1 is 1.07 bits per heavy atom. The highest BCUT2D eigenvalue weighted by atomic mass is 32.2. The summed E-state index contributed by atoms with van der Waals surface area (Å²) >= 11 is 3.06. The molecule has 0 spiro atoms. The van der Waals surface area contributed by atoms with Crippen molar-refractivity contribution in [1.29, 1.82) is 0 Å². The third-order valence-electron chi connectivity index (χ3n) is 4.04. The standard InChI is InChI=1S/C21H19N3O3S2/c1-14-6-8-17(9-7-14)26-11-19-23-24-21(27-19)29-13-16-12-28-20(22-16)15-4-3-5-18(10-15)25-2/h3-10,12H,11,13H2,1-2H3. The van der Waals surface area contributed by atoms with Crippen molar-refractivity contribution in [1.82, 2.24) is 15.2 Å². The SMILES string of the molecule is COc1cccc(-c2nc(CSc3nnc(COc4ccc(C)cc4)o3)cs2)c1. The van der Waals surface area contributed by atoms with Crippen LogP contribution in [0.25, 0.3) is 10.6 Å². The molecule has 0 aliphatic rings. The van der Waals surface area contributed by atoms with Gasteiger partial charge in [0.05, 0.1) is 12.8 Å². The smallest absolute Gasteiger partial charge is 0.277 e. The minimum absolute atomic E-state index is 0.243. The minimum Gasteiger partial charge on any atom is -0.497 e. The first-order valence-corrected chi connectivity index (χ1v) is 10.8. The number of hydrogen-bond acceptors (Lipinski definition) is 8. The quantitative estimate of drug-likeness (QED) is 0.351. The Bertz CT molecular complexity index is 1080. The molecule has 0 saturated heterocycles. The molecule has 2 aromatic carbocycles. The normalized spacial score (nSPS) is 10.8. The van der Waals surface area contributed by atoms with Crippen LogP contribution < -0.4 is 9.47 Å². The molecule has 0 atom stereocenters. The lowest BCUT2D eigenvalue weighted by Crippen LogP contribution is -1.95. The zero-order valence-corrected chi connectivity index (χ0v) is 17.6. The monoisotopic (exact) mass is 425 g/mol. The molecule has 0 amide bonds. The van der Waals surface area contributed by atoms with Crippen LogP contribution in [-0.2, 0) is 12.4 Å². The van der Waals surface area contributed by atoms with E-state index in [4.69, 9.17) is 13.9 Å². The Morgan fingerprint density at radius 2 is 1.93 bits per heavy atom. The van der Waals surface area contributed by atoms with Crippen molar-refractivity contribution in [3.63, 3.8) is 0 Å². The molecule has 0 N–H and O–H groups in total. The van der Waals surface area contributed by atoms with Crippen molar-refractivity contribution in [3.05, 3.63) is 71.1 Å². The molecule has 4 rings (SSSR count). The van der Waals surface area contributed by atoms with Crippen molar-refractivity contribution in [2.24, 2.45) is 0 Å². The fraction of sp³-hybridized carbons (Fsp3) is 0.190. The summed E-state index contributed by atoms with van der Waals surface area (Å²) in [7, 11) is 1.66. The van der Waals surface area contributed by atoms with Gasteiger partial charge in [-0.2, -0.15) is 0 Å². The van der Waals surface area contributed by atoms with Gasteiger partial charge in [0.25, 0.3) is 11.1 Å². The van der Waals surface area contributed by atoms with E-state index in [2.05, 4.69) is 15.2 Å². The predicted molar refractivity (Wildman–Crippen MR) is 113 cm³/mol. The lowest BCUT2D eigenvalue weighted by molar-refractivity contribution is 0.252. The zero-order valence-electron chi connectivity index (χ0n) is 16.0. The summed E-state index contributed by atoms with van der Waals surface area (Å²) in [5.74, 6) is 2.69. The number of aryl methyl sites for hydroxylation is 1. The van der Waals surface area contributed by atoms with Crippen LogP contribution >= 0.6 is 23.1 Å². The lowest BCUT2D eigenvalue weighted by atomic mass is 10.2. The van der Waals surface area contributed by atoms with Crippen LogP contribution in [0.15, 0.2) is 63.6 Å². The number of thiazole rings is 1. The second-order valence-corrected chi connectivity index (χ2v) is 8.01. The van der Waals surface area contributed by atoms with Crippen molar-refractivity contribution >= 4 is 23.1 Å². The maximum absolute atomic E-state index is 5.67. The highest BCUT2D eigenvalue weighted by molar-refractivity contribution is 7.98. The second-order valence-electron chi connectivity index (χ2n) is 6.23. The van der Waals surface area contributed by atoms with Crippen LogP contribution in [0.1, 0.15) is 17.1 Å². The number of methoxy groups -OCH3 is 1. The highest BCUT2D eigenvalue weighted by Gasteiger charge is 2.11. The van der Waals surface area contributed by atoms with Crippen molar-refractivity contribution in [2.45, 2.75) is 24.5 Å². The summed E-state index contributed by atoms with van der Waals surface area (Å²) in [4.78, 5) is 4.69. The Morgan fingerprint density at radius 3 is 2.76 bits per heavy atom. The van der Waals surface area contributed by atoms with E-state index in [1.165, 1.54) is 17.3 Å². The molecule has 0 saturated carbocycles. The second kappa shape index (κ2) is 9.11. The lowest BCUT2D eigenvalue weighted by Gasteiger charge is -2.02. The van der Waals surface area contributed by atoms with E-state index < -0.39 is 0 Å². The van der Waals surface area contributed by atoms with Gasteiger partial charge in [-0.15, -0.1) is 21.5 Å². The largest absolute Gasteiger partial charge is 0.497 e. The summed E-state index contributed by atoms with van der Waals surface area (Å²) in [5.41, 5.74) is 3.19. The van der Waals surface area contributed by atoms with Crippen LogP contribution in [0.2, 0.25) is 0 Å². The van der Waals surface area contributed by atoms with Gasteiger partial charge < -0.3 is 13.9 Å². The number of thioether (sulfide) groups is 1. The Hall–Kier alpha value is -2.84. The first-order chi connectivity index (χ1) is 14.2. The molecular weight excluding hydrogens is 406 g/mol. The average Bonchev–Trinajstić information content (AvgIpc) is 3.41. The molecule has 2 aromatic heterocycles. The van der Waals surface area contributed by atoms with Crippen LogP contribution in [-0.4, -0.2) is 22.3 Å². The predicted octanol–water partition coefficient (Wildman–Crippen LogP) is 5.38. The van der Waals surface area contributed by atoms with Gasteiger partial charge in [-0.1, -0.05) is 41.6 Å². The average molecular weight is 426 g/mol. The van der Waals surface area contributed by atoms with Crippen LogP contribution in [0.4, 0.5) is 0 Å². The van der Waals surface area contributed by atoms with Gasteiger partial charge >= 0.3 is 0 Å². The van der Waals surface area contributed by atoms with E-state index >= 15 is 0 Å².